The molecule has 1 nitrogen and oxygen atoms in total. The molecule has 102 valence electrons. The Labute approximate surface area is 116 Å². The number of benzene rings is 1. The number of hydrogen-bond acceptors (Lipinski definition) is 1. The van der Waals surface area contributed by atoms with Gasteiger partial charge in [0.15, 0.2) is 0 Å². The molecule has 4 saturated carbocycles. The average molecular weight is 255 g/mol. The summed E-state index contributed by atoms with van der Waals surface area (Å²) in [7, 11) is 0. The maximum atomic E-state index is 6.94. The van der Waals surface area contributed by atoms with Crippen LogP contribution in [0.15, 0.2) is 30.3 Å². The van der Waals surface area contributed by atoms with Crippen molar-refractivity contribution in [3.63, 3.8) is 0 Å². The van der Waals surface area contributed by atoms with Gasteiger partial charge in [-0.05, 0) is 74.2 Å². The Balaban J connectivity index is 1.75. The van der Waals surface area contributed by atoms with Gasteiger partial charge in [-0.1, -0.05) is 30.3 Å². The van der Waals surface area contributed by atoms with E-state index in [1.807, 2.05) is 0 Å². The van der Waals surface area contributed by atoms with E-state index in [1.165, 1.54) is 44.1 Å². The molecule has 0 heterocycles. The summed E-state index contributed by atoms with van der Waals surface area (Å²) in [6.07, 6.45) is 8.60. The van der Waals surface area contributed by atoms with Crippen molar-refractivity contribution in [1.29, 1.82) is 0 Å². The molecule has 0 spiro atoms. The van der Waals surface area contributed by atoms with Gasteiger partial charge < -0.3 is 5.73 Å². The van der Waals surface area contributed by atoms with E-state index < -0.39 is 0 Å². The second kappa shape index (κ2) is 3.85. The first kappa shape index (κ1) is 12.0. The molecule has 0 amide bonds. The number of rotatable bonds is 2. The molecule has 19 heavy (non-hydrogen) atoms. The monoisotopic (exact) mass is 255 g/mol. The van der Waals surface area contributed by atoms with Crippen LogP contribution in [0.3, 0.4) is 0 Å². The van der Waals surface area contributed by atoms with Crippen LogP contribution in [-0.2, 0) is 5.54 Å². The van der Waals surface area contributed by atoms with Crippen molar-refractivity contribution in [3.05, 3.63) is 35.9 Å². The summed E-state index contributed by atoms with van der Waals surface area (Å²) < 4.78 is 0. The molecule has 4 bridgehead atoms. The lowest BCUT2D eigenvalue weighted by Gasteiger charge is -2.62. The van der Waals surface area contributed by atoms with E-state index in [0.29, 0.717) is 5.41 Å². The van der Waals surface area contributed by atoms with Gasteiger partial charge in [0, 0.05) is 5.54 Å². The minimum Gasteiger partial charge on any atom is -0.321 e. The first-order chi connectivity index (χ1) is 9.09. The normalized spacial score (nSPS) is 43.2. The van der Waals surface area contributed by atoms with E-state index in [9.17, 15) is 0 Å². The van der Waals surface area contributed by atoms with Gasteiger partial charge in [-0.3, -0.25) is 0 Å². The van der Waals surface area contributed by atoms with Crippen molar-refractivity contribution < 1.29 is 0 Å². The number of hydrogen-bond donors (Lipinski definition) is 1. The molecule has 1 aromatic carbocycles. The molecule has 1 unspecified atom stereocenters. The van der Waals surface area contributed by atoms with Crippen LogP contribution in [0.2, 0.25) is 0 Å². The molecular weight excluding hydrogens is 230 g/mol. The predicted molar refractivity (Wildman–Crippen MR) is 78.6 cm³/mol. The zero-order chi connectivity index (χ0) is 13.1. The van der Waals surface area contributed by atoms with E-state index in [-0.39, 0.29) is 5.54 Å². The predicted octanol–water partition coefficient (Wildman–Crippen LogP) is 4.08. The summed E-state index contributed by atoms with van der Waals surface area (Å²) in [5, 5.41) is 0. The fourth-order valence-electron chi connectivity index (χ4n) is 5.84. The van der Waals surface area contributed by atoms with Gasteiger partial charge in [0.2, 0.25) is 0 Å². The minimum atomic E-state index is -0.149. The second-order valence-corrected chi connectivity index (χ2v) is 7.77. The van der Waals surface area contributed by atoms with Crippen LogP contribution < -0.4 is 5.73 Å². The lowest BCUT2D eigenvalue weighted by molar-refractivity contribution is -0.0953. The van der Waals surface area contributed by atoms with Crippen molar-refractivity contribution >= 4 is 0 Å². The molecule has 1 atom stereocenters. The van der Waals surface area contributed by atoms with Crippen molar-refractivity contribution in [2.24, 2.45) is 28.9 Å². The van der Waals surface area contributed by atoms with Crippen LogP contribution in [-0.4, -0.2) is 0 Å². The molecule has 0 aromatic heterocycles. The molecule has 0 aliphatic heterocycles. The minimum absolute atomic E-state index is 0.149. The van der Waals surface area contributed by atoms with Crippen LogP contribution in [0.1, 0.15) is 51.0 Å². The Morgan fingerprint density at radius 1 is 0.947 bits per heavy atom. The summed E-state index contributed by atoms with van der Waals surface area (Å²) in [4.78, 5) is 0. The fourth-order valence-corrected chi connectivity index (χ4v) is 5.84. The van der Waals surface area contributed by atoms with Crippen molar-refractivity contribution in [2.45, 2.75) is 51.0 Å². The molecular formula is C18H25N. The summed E-state index contributed by atoms with van der Waals surface area (Å²) in [6.45, 7) is 2.30. The van der Waals surface area contributed by atoms with E-state index in [1.54, 1.807) is 0 Å². The van der Waals surface area contributed by atoms with E-state index in [2.05, 4.69) is 37.3 Å². The Bertz CT molecular complexity index is 438. The van der Waals surface area contributed by atoms with Crippen molar-refractivity contribution in [3.8, 4) is 0 Å². The molecule has 5 rings (SSSR count). The SMILES string of the molecule is CC(N)(c1ccccc1)C12CC3CC(CC(C3)C1)C2. The fraction of sp³-hybridized carbons (Fsp3) is 0.667. The highest BCUT2D eigenvalue weighted by Gasteiger charge is 2.57. The van der Waals surface area contributed by atoms with Gasteiger partial charge in [-0.15, -0.1) is 0 Å². The summed E-state index contributed by atoms with van der Waals surface area (Å²) >= 11 is 0. The van der Waals surface area contributed by atoms with Gasteiger partial charge in [-0.2, -0.15) is 0 Å². The summed E-state index contributed by atoms with van der Waals surface area (Å²) in [5.41, 5.74) is 8.51. The topological polar surface area (TPSA) is 26.0 Å². The maximum Gasteiger partial charge on any atom is 0.0438 e. The van der Waals surface area contributed by atoms with Crippen molar-refractivity contribution in [1.82, 2.24) is 0 Å². The van der Waals surface area contributed by atoms with Gasteiger partial charge in [0.1, 0.15) is 0 Å². The molecule has 0 saturated heterocycles. The lowest BCUT2D eigenvalue weighted by Crippen LogP contribution is -2.59. The largest absolute Gasteiger partial charge is 0.321 e. The van der Waals surface area contributed by atoms with E-state index in [4.69, 9.17) is 5.73 Å². The van der Waals surface area contributed by atoms with Gasteiger partial charge in [-0.25, -0.2) is 0 Å². The van der Waals surface area contributed by atoms with Crippen LogP contribution >= 0.6 is 0 Å². The van der Waals surface area contributed by atoms with Crippen LogP contribution in [0.25, 0.3) is 0 Å². The molecule has 4 aliphatic rings. The Hall–Kier alpha value is -0.820. The highest BCUT2D eigenvalue weighted by molar-refractivity contribution is 5.28. The van der Waals surface area contributed by atoms with Crippen LogP contribution in [0, 0.1) is 23.2 Å². The molecule has 2 N–H and O–H groups in total. The third-order valence-corrected chi connectivity index (χ3v) is 6.51. The highest BCUT2D eigenvalue weighted by atomic mass is 14.8. The molecule has 4 fully saturated rings. The highest BCUT2D eigenvalue weighted by Crippen LogP contribution is 2.64. The Morgan fingerprint density at radius 2 is 1.42 bits per heavy atom. The van der Waals surface area contributed by atoms with Gasteiger partial charge >= 0.3 is 0 Å². The first-order valence-electron chi connectivity index (χ1n) is 7.93. The second-order valence-electron chi connectivity index (χ2n) is 7.77. The zero-order valence-corrected chi connectivity index (χ0v) is 11.9. The molecule has 0 radical (unpaired) electrons. The van der Waals surface area contributed by atoms with Gasteiger partial charge in [0.25, 0.3) is 0 Å². The van der Waals surface area contributed by atoms with E-state index in [0.717, 1.165) is 17.8 Å². The summed E-state index contributed by atoms with van der Waals surface area (Å²) in [5.74, 6) is 2.91. The molecule has 4 aliphatic carbocycles. The van der Waals surface area contributed by atoms with E-state index >= 15 is 0 Å². The smallest absolute Gasteiger partial charge is 0.0438 e. The maximum absolute atomic E-state index is 6.94. The average Bonchev–Trinajstić information content (AvgIpc) is 2.38. The summed E-state index contributed by atoms with van der Waals surface area (Å²) in [6, 6.07) is 10.8. The van der Waals surface area contributed by atoms with Crippen molar-refractivity contribution in [2.75, 3.05) is 0 Å². The quantitative estimate of drug-likeness (QED) is 0.846. The number of nitrogens with two attached hydrogens (primary N) is 1. The van der Waals surface area contributed by atoms with Crippen LogP contribution in [0.4, 0.5) is 0 Å². The zero-order valence-electron chi connectivity index (χ0n) is 11.9. The third-order valence-electron chi connectivity index (χ3n) is 6.51. The molecule has 1 heteroatoms. The standard InChI is InChI=1S/C18H25N/c1-17(19,16-5-3-2-4-6-16)18-10-13-7-14(11-18)9-15(8-13)12-18/h2-6,13-15H,7-12,19H2,1H3. The third kappa shape index (κ3) is 1.64. The first-order valence-corrected chi connectivity index (χ1v) is 7.93. The van der Waals surface area contributed by atoms with Gasteiger partial charge in [0.05, 0.1) is 0 Å². The Morgan fingerprint density at radius 3 is 1.89 bits per heavy atom. The lowest BCUT2D eigenvalue weighted by atomic mass is 9.44. The molecule has 1 aromatic rings. The van der Waals surface area contributed by atoms with Crippen LogP contribution in [0.5, 0.6) is 0 Å². The Kier molecular flexibility index (Phi) is 2.42.